The van der Waals surface area contributed by atoms with Crippen LogP contribution < -0.4 is 4.74 Å². The molecule has 106 valence electrons. The van der Waals surface area contributed by atoms with E-state index in [-0.39, 0.29) is 5.91 Å². The molecule has 1 aliphatic heterocycles. The Labute approximate surface area is 117 Å². The molecule has 5 heteroatoms. The van der Waals surface area contributed by atoms with Crippen molar-refractivity contribution in [3.63, 3.8) is 0 Å². The average molecular weight is 274 g/mol. The second kappa shape index (κ2) is 5.17. The highest BCUT2D eigenvalue weighted by atomic mass is 16.5. The fourth-order valence-electron chi connectivity index (χ4n) is 2.47. The molecule has 2 aromatic rings. The van der Waals surface area contributed by atoms with E-state index in [9.17, 15) is 4.79 Å². The highest BCUT2D eigenvalue weighted by Crippen LogP contribution is 2.29. The second-order valence-electron chi connectivity index (χ2n) is 5.08. The van der Waals surface area contributed by atoms with Crippen LogP contribution in [-0.2, 0) is 0 Å². The largest absolute Gasteiger partial charge is 0.493 e. The lowest BCUT2D eigenvalue weighted by Gasteiger charge is -2.31. The number of ether oxygens (including phenoxy) is 1. The van der Waals surface area contributed by atoms with Crippen LogP contribution in [0.2, 0.25) is 0 Å². The Bertz CT molecular complexity index is 627. The van der Waals surface area contributed by atoms with Crippen LogP contribution >= 0.6 is 0 Å². The summed E-state index contributed by atoms with van der Waals surface area (Å²) in [7, 11) is 3.66. The second-order valence-corrected chi connectivity index (χ2v) is 5.08. The summed E-state index contributed by atoms with van der Waals surface area (Å²) in [6.45, 7) is 3.28. The van der Waals surface area contributed by atoms with Gasteiger partial charge in [0.05, 0.1) is 7.11 Å². The molecule has 0 bridgehead atoms. The van der Waals surface area contributed by atoms with Gasteiger partial charge >= 0.3 is 0 Å². The fraction of sp³-hybridized carbons (Fsp3) is 0.400. The van der Waals surface area contributed by atoms with Crippen molar-refractivity contribution in [3.05, 3.63) is 30.0 Å². The Balaban J connectivity index is 1.88. The molecule has 1 aliphatic rings. The minimum atomic E-state index is -0.0450. The topological polar surface area (TPSA) is 45.9 Å². The van der Waals surface area contributed by atoms with Crippen molar-refractivity contribution in [1.82, 2.24) is 9.80 Å². The van der Waals surface area contributed by atoms with Gasteiger partial charge in [0.15, 0.2) is 17.1 Å². The highest BCUT2D eigenvalue weighted by molar-refractivity contribution is 5.97. The number of rotatable bonds is 2. The zero-order chi connectivity index (χ0) is 14.1. The van der Waals surface area contributed by atoms with Crippen molar-refractivity contribution < 1.29 is 13.9 Å². The molecule has 0 N–H and O–H groups in total. The number of carbonyl (C=O) groups excluding carboxylic acids is 1. The summed E-state index contributed by atoms with van der Waals surface area (Å²) in [6.07, 6.45) is 0. The molecule has 0 atom stereocenters. The third-order valence-electron chi connectivity index (χ3n) is 3.73. The SMILES string of the molecule is COc1cccc2cc(C(=O)N3CCN(C)CC3)oc12. The predicted molar refractivity (Wildman–Crippen MR) is 76.2 cm³/mol. The fourth-order valence-corrected chi connectivity index (χ4v) is 2.47. The van der Waals surface area contributed by atoms with E-state index in [1.807, 2.05) is 23.1 Å². The van der Waals surface area contributed by atoms with Gasteiger partial charge < -0.3 is 19.0 Å². The molecule has 0 saturated carbocycles. The standard InChI is InChI=1S/C15H18N2O3/c1-16-6-8-17(9-7-16)15(18)13-10-11-4-3-5-12(19-2)14(11)20-13/h3-5,10H,6-9H2,1-2H3. The number of hydrogen-bond donors (Lipinski definition) is 0. The van der Waals surface area contributed by atoms with Crippen LogP contribution in [0.3, 0.4) is 0 Å². The molecule has 1 aromatic carbocycles. The summed E-state index contributed by atoms with van der Waals surface area (Å²) in [5.74, 6) is 0.991. The van der Waals surface area contributed by atoms with Gasteiger partial charge in [-0.15, -0.1) is 0 Å². The zero-order valence-corrected chi connectivity index (χ0v) is 11.8. The minimum absolute atomic E-state index is 0.0450. The van der Waals surface area contributed by atoms with Gasteiger partial charge in [0, 0.05) is 31.6 Å². The van der Waals surface area contributed by atoms with Crippen LogP contribution in [0.5, 0.6) is 5.75 Å². The first-order valence-corrected chi connectivity index (χ1v) is 6.73. The molecular weight excluding hydrogens is 256 g/mol. The lowest BCUT2D eigenvalue weighted by Crippen LogP contribution is -2.47. The van der Waals surface area contributed by atoms with Crippen LogP contribution in [-0.4, -0.2) is 56.0 Å². The van der Waals surface area contributed by atoms with Crippen molar-refractivity contribution >= 4 is 16.9 Å². The molecule has 0 aliphatic carbocycles. The van der Waals surface area contributed by atoms with Crippen LogP contribution in [0.15, 0.2) is 28.7 Å². The molecular formula is C15H18N2O3. The van der Waals surface area contributed by atoms with Gasteiger partial charge in [0.1, 0.15) is 0 Å². The summed E-state index contributed by atoms with van der Waals surface area (Å²) in [5, 5.41) is 0.891. The summed E-state index contributed by atoms with van der Waals surface area (Å²) < 4.78 is 11.0. The first-order valence-electron chi connectivity index (χ1n) is 6.73. The maximum Gasteiger partial charge on any atom is 0.289 e. The maximum absolute atomic E-state index is 12.4. The molecule has 2 heterocycles. The lowest BCUT2D eigenvalue weighted by atomic mass is 10.2. The third kappa shape index (κ3) is 2.25. The number of benzene rings is 1. The van der Waals surface area contributed by atoms with Crippen LogP contribution in [0.25, 0.3) is 11.0 Å². The number of likely N-dealkylation sites (N-methyl/N-ethyl adjacent to an activating group) is 1. The van der Waals surface area contributed by atoms with Gasteiger partial charge in [0.2, 0.25) is 0 Å². The smallest absolute Gasteiger partial charge is 0.289 e. The summed E-state index contributed by atoms with van der Waals surface area (Å²) in [4.78, 5) is 16.5. The van der Waals surface area contributed by atoms with Crippen LogP contribution in [0, 0.1) is 0 Å². The molecule has 1 saturated heterocycles. The Morgan fingerprint density at radius 1 is 1.25 bits per heavy atom. The highest BCUT2D eigenvalue weighted by Gasteiger charge is 2.23. The normalized spacial score (nSPS) is 16.6. The Hall–Kier alpha value is -2.01. The Morgan fingerprint density at radius 3 is 2.70 bits per heavy atom. The van der Waals surface area contributed by atoms with Gasteiger partial charge in [-0.1, -0.05) is 12.1 Å². The number of methoxy groups -OCH3 is 1. The number of furan rings is 1. The van der Waals surface area contributed by atoms with Crippen molar-refractivity contribution in [2.24, 2.45) is 0 Å². The van der Waals surface area contributed by atoms with Crippen molar-refractivity contribution in [1.29, 1.82) is 0 Å². The number of carbonyl (C=O) groups is 1. The number of piperazine rings is 1. The molecule has 0 unspecified atom stereocenters. The van der Waals surface area contributed by atoms with E-state index in [4.69, 9.17) is 9.15 Å². The molecule has 20 heavy (non-hydrogen) atoms. The lowest BCUT2D eigenvalue weighted by molar-refractivity contribution is 0.0635. The molecule has 1 amide bonds. The van der Waals surface area contributed by atoms with Crippen molar-refractivity contribution in [2.45, 2.75) is 0 Å². The Kier molecular flexibility index (Phi) is 3.36. The van der Waals surface area contributed by atoms with E-state index in [1.165, 1.54) is 0 Å². The van der Waals surface area contributed by atoms with Crippen molar-refractivity contribution in [3.8, 4) is 5.75 Å². The summed E-state index contributed by atoms with van der Waals surface area (Å²) in [5.41, 5.74) is 0.632. The zero-order valence-electron chi connectivity index (χ0n) is 11.8. The van der Waals surface area contributed by atoms with E-state index in [0.717, 1.165) is 31.6 Å². The van der Waals surface area contributed by atoms with Gasteiger partial charge in [-0.2, -0.15) is 0 Å². The number of nitrogens with zero attached hydrogens (tertiary/aromatic N) is 2. The summed E-state index contributed by atoms with van der Waals surface area (Å²) >= 11 is 0. The number of para-hydroxylation sites is 1. The maximum atomic E-state index is 12.4. The summed E-state index contributed by atoms with van der Waals surface area (Å²) in [6, 6.07) is 7.43. The number of fused-ring (bicyclic) bond motifs is 1. The molecule has 1 fully saturated rings. The molecule has 0 spiro atoms. The molecule has 1 aromatic heterocycles. The van der Waals surface area contributed by atoms with E-state index in [1.54, 1.807) is 13.2 Å². The first-order chi connectivity index (χ1) is 9.69. The number of amides is 1. The first kappa shape index (κ1) is 13.0. The van der Waals surface area contributed by atoms with Gasteiger partial charge in [-0.05, 0) is 19.2 Å². The van der Waals surface area contributed by atoms with Crippen molar-refractivity contribution in [2.75, 3.05) is 40.3 Å². The minimum Gasteiger partial charge on any atom is -0.493 e. The molecule has 3 rings (SSSR count). The third-order valence-corrected chi connectivity index (χ3v) is 3.73. The number of hydrogen-bond acceptors (Lipinski definition) is 4. The van der Waals surface area contributed by atoms with E-state index >= 15 is 0 Å². The van der Waals surface area contributed by atoms with E-state index in [2.05, 4.69) is 11.9 Å². The van der Waals surface area contributed by atoms with Gasteiger partial charge in [0.25, 0.3) is 5.91 Å². The van der Waals surface area contributed by atoms with Gasteiger partial charge in [-0.25, -0.2) is 0 Å². The predicted octanol–water partition coefficient (Wildman–Crippen LogP) is 1.83. The average Bonchev–Trinajstić information content (AvgIpc) is 2.91. The van der Waals surface area contributed by atoms with E-state index in [0.29, 0.717) is 17.1 Å². The molecule has 5 nitrogen and oxygen atoms in total. The van der Waals surface area contributed by atoms with Gasteiger partial charge in [-0.3, -0.25) is 4.79 Å². The Morgan fingerprint density at radius 2 is 2.00 bits per heavy atom. The monoisotopic (exact) mass is 274 g/mol. The van der Waals surface area contributed by atoms with Crippen LogP contribution in [0.4, 0.5) is 0 Å². The van der Waals surface area contributed by atoms with E-state index < -0.39 is 0 Å². The molecule has 0 radical (unpaired) electrons. The quantitative estimate of drug-likeness (QED) is 0.838. The van der Waals surface area contributed by atoms with Crippen LogP contribution in [0.1, 0.15) is 10.6 Å².